The second kappa shape index (κ2) is 12.7. The highest BCUT2D eigenvalue weighted by molar-refractivity contribution is 14.1. The molecule has 0 radical (unpaired) electrons. The predicted octanol–water partition coefficient (Wildman–Crippen LogP) is 4.95. The molecule has 0 fully saturated rings. The summed E-state index contributed by atoms with van der Waals surface area (Å²) in [6, 6.07) is 0. The first-order valence-electron chi connectivity index (χ1n) is 7.32. The van der Waals surface area contributed by atoms with Crippen molar-refractivity contribution in [2.45, 2.75) is 20.3 Å². The molecule has 0 aromatic rings. The summed E-state index contributed by atoms with van der Waals surface area (Å²) in [5.74, 6) is -0.0380. The van der Waals surface area contributed by atoms with Crippen LogP contribution in [0.2, 0.25) is 0 Å². The quantitative estimate of drug-likeness (QED) is 0.104. The summed E-state index contributed by atoms with van der Waals surface area (Å²) in [7, 11) is 1.26. The fourth-order valence-electron chi connectivity index (χ4n) is 1.72. The molecule has 0 heterocycles. The lowest BCUT2D eigenvalue weighted by Crippen LogP contribution is -2.34. The number of hydrogen-bond donors (Lipinski definition) is 0. The third-order valence-electron chi connectivity index (χ3n) is 2.99. The molecule has 0 aromatic heterocycles. The van der Waals surface area contributed by atoms with E-state index < -0.39 is 17.8 Å². The van der Waals surface area contributed by atoms with Crippen LogP contribution >= 0.6 is 46.4 Å². The summed E-state index contributed by atoms with van der Waals surface area (Å²) in [6.07, 6.45) is 4.00. The molecule has 0 aliphatic heterocycles. The average Bonchev–Trinajstić information content (AvgIpc) is 2.57. The lowest BCUT2D eigenvalue weighted by Gasteiger charge is -2.22. The summed E-state index contributed by atoms with van der Waals surface area (Å²) in [5, 5.41) is 0.514. The number of nitrogens with zero attached hydrogens (tertiary/aromatic N) is 1. The Kier molecular flexibility index (Phi) is 12.3. The van der Waals surface area contributed by atoms with Crippen molar-refractivity contribution in [2.75, 3.05) is 18.6 Å². The molecule has 24 heavy (non-hydrogen) atoms. The number of halogens is 1. The van der Waals surface area contributed by atoms with Crippen molar-refractivity contribution in [3.63, 3.8) is 0 Å². The molecule has 0 rings (SSSR count). The number of amides is 1. The highest BCUT2D eigenvalue weighted by Gasteiger charge is 2.34. The summed E-state index contributed by atoms with van der Waals surface area (Å²) >= 11 is 5.03. The van der Waals surface area contributed by atoms with E-state index in [1.165, 1.54) is 28.1 Å². The fraction of sp³-hybridized carbons (Fsp3) is 0.412. The van der Waals surface area contributed by atoms with Crippen LogP contribution in [0.4, 0.5) is 0 Å². The number of thioether (sulfide) groups is 2. The molecule has 0 N–H and O–H groups in total. The highest BCUT2D eigenvalue weighted by atomic mass is 127. The van der Waals surface area contributed by atoms with E-state index in [0.29, 0.717) is 10.6 Å². The maximum absolute atomic E-state index is 12.7. The van der Waals surface area contributed by atoms with Gasteiger partial charge in [0.1, 0.15) is 0 Å². The molecular formula is C17H24INO3S2. The number of carbonyl (C=O) groups excluding carboxylic acids is 2. The van der Waals surface area contributed by atoms with Crippen LogP contribution in [-0.4, -0.2) is 33.6 Å². The first-order chi connectivity index (χ1) is 11.3. The van der Waals surface area contributed by atoms with Gasteiger partial charge >= 0.3 is 5.97 Å². The van der Waals surface area contributed by atoms with Gasteiger partial charge in [-0.1, -0.05) is 50.6 Å². The smallest absolute Gasteiger partial charge is 0.322 e. The van der Waals surface area contributed by atoms with Crippen LogP contribution in [0.1, 0.15) is 20.3 Å². The van der Waals surface area contributed by atoms with E-state index in [1.807, 2.05) is 34.6 Å². The Morgan fingerprint density at radius 3 is 2.46 bits per heavy atom. The fourth-order valence-corrected chi connectivity index (χ4v) is 3.81. The first kappa shape index (κ1) is 23.3. The molecule has 0 bridgehead atoms. The van der Waals surface area contributed by atoms with Crippen molar-refractivity contribution in [3.8, 4) is 0 Å². The molecule has 0 spiro atoms. The maximum Gasteiger partial charge on any atom is 0.322 e. The van der Waals surface area contributed by atoms with Gasteiger partial charge in [0.05, 0.1) is 35.0 Å². The van der Waals surface area contributed by atoms with Crippen molar-refractivity contribution in [2.24, 2.45) is 5.92 Å². The zero-order chi connectivity index (χ0) is 18.7. The SMILES string of the molecule is C=C/C(=C\C)C(C(=O)OC)C(=O)N(I)C(=C)SC(=C)CCSCC. The van der Waals surface area contributed by atoms with Gasteiger partial charge in [-0.2, -0.15) is 11.8 Å². The van der Waals surface area contributed by atoms with Crippen LogP contribution in [0, 0.1) is 5.92 Å². The van der Waals surface area contributed by atoms with Gasteiger partial charge < -0.3 is 4.74 Å². The van der Waals surface area contributed by atoms with Gasteiger partial charge in [-0.25, -0.2) is 3.11 Å². The third kappa shape index (κ3) is 7.48. The van der Waals surface area contributed by atoms with E-state index in [9.17, 15) is 9.59 Å². The third-order valence-corrected chi connectivity index (χ3v) is 6.19. The normalized spacial score (nSPS) is 12.2. The number of hydrogen-bond acceptors (Lipinski definition) is 5. The summed E-state index contributed by atoms with van der Waals surface area (Å²) in [5.41, 5.74) is 0.504. The van der Waals surface area contributed by atoms with Crippen LogP contribution in [0.25, 0.3) is 0 Å². The van der Waals surface area contributed by atoms with Crippen molar-refractivity contribution in [3.05, 3.63) is 47.4 Å². The standard InChI is InChI=1S/C17H24INO3S2/c1-7-14(8-2)15(17(21)22-6)16(20)19(18)13(5)24-12(4)10-11-23-9-3/h7-8,15H,1,4-5,9-11H2,2-3,6H3/b14-8+. The molecule has 4 nitrogen and oxygen atoms in total. The van der Waals surface area contributed by atoms with Gasteiger partial charge in [-0.05, 0) is 35.3 Å². The zero-order valence-electron chi connectivity index (χ0n) is 14.3. The number of rotatable bonds is 11. The first-order valence-corrected chi connectivity index (χ1v) is 10.3. The number of methoxy groups -OCH3 is 1. The summed E-state index contributed by atoms with van der Waals surface area (Å²) < 4.78 is 6.10. The van der Waals surface area contributed by atoms with E-state index in [-0.39, 0.29) is 0 Å². The number of ether oxygens (including phenoxy) is 1. The largest absolute Gasteiger partial charge is 0.468 e. The van der Waals surface area contributed by atoms with E-state index in [0.717, 1.165) is 22.8 Å². The van der Waals surface area contributed by atoms with Crippen LogP contribution in [0.3, 0.4) is 0 Å². The van der Waals surface area contributed by atoms with Crippen LogP contribution in [-0.2, 0) is 14.3 Å². The van der Waals surface area contributed by atoms with Gasteiger partial charge in [-0.15, -0.1) is 0 Å². The summed E-state index contributed by atoms with van der Waals surface area (Å²) in [6.45, 7) is 15.4. The lowest BCUT2D eigenvalue weighted by molar-refractivity contribution is -0.149. The minimum atomic E-state index is -1.05. The molecule has 1 unspecified atom stereocenters. The number of carbonyl (C=O) groups is 2. The van der Waals surface area contributed by atoms with Crippen molar-refractivity contribution in [1.29, 1.82) is 0 Å². The predicted molar refractivity (Wildman–Crippen MR) is 114 cm³/mol. The Hall–Kier alpha value is -0.670. The Morgan fingerprint density at radius 2 is 2.00 bits per heavy atom. The maximum atomic E-state index is 12.7. The van der Waals surface area contributed by atoms with Crippen molar-refractivity contribution < 1.29 is 14.3 Å². The lowest BCUT2D eigenvalue weighted by atomic mass is 9.98. The van der Waals surface area contributed by atoms with Gasteiger partial charge in [0, 0.05) is 0 Å². The van der Waals surface area contributed by atoms with Gasteiger partial charge in [0.15, 0.2) is 5.92 Å². The molecule has 0 saturated heterocycles. The topological polar surface area (TPSA) is 46.6 Å². The second-order valence-electron chi connectivity index (χ2n) is 4.55. The van der Waals surface area contributed by atoms with Crippen molar-refractivity contribution >= 4 is 58.3 Å². The molecule has 1 amide bonds. The van der Waals surface area contributed by atoms with Crippen LogP contribution < -0.4 is 0 Å². The zero-order valence-corrected chi connectivity index (χ0v) is 18.1. The van der Waals surface area contributed by atoms with Crippen LogP contribution in [0.5, 0.6) is 0 Å². The minimum absolute atomic E-state index is 0.413. The molecule has 0 saturated carbocycles. The van der Waals surface area contributed by atoms with E-state index in [1.54, 1.807) is 13.0 Å². The van der Waals surface area contributed by atoms with Gasteiger partial charge in [0.25, 0.3) is 5.91 Å². The van der Waals surface area contributed by atoms with Crippen LogP contribution in [0.15, 0.2) is 47.4 Å². The Balaban J connectivity index is 5.03. The monoisotopic (exact) mass is 481 g/mol. The summed E-state index contributed by atoms with van der Waals surface area (Å²) in [4.78, 5) is 25.7. The van der Waals surface area contributed by atoms with Gasteiger partial charge in [-0.3, -0.25) is 9.59 Å². The molecular weight excluding hydrogens is 457 g/mol. The van der Waals surface area contributed by atoms with Crippen molar-refractivity contribution in [1.82, 2.24) is 3.11 Å². The Bertz CT molecular complexity index is 532. The number of esters is 1. The van der Waals surface area contributed by atoms with E-state index in [4.69, 9.17) is 4.74 Å². The Morgan fingerprint density at radius 1 is 1.38 bits per heavy atom. The van der Waals surface area contributed by atoms with E-state index in [2.05, 4.69) is 26.7 Å². The second-order valence-corrected chi connectivity index (χ2v) is 8.16. The molecule has 134 valence electrons. The molecule has 7 heteroatoms. The van der Waals surface area contributed by atoms with Gasteiger partial charge in [0.2, 0.25) is 0 Å². The molecule has 0 aliphatic rings. The molecule has 1 atom stereocenters. The highest BCUT2D eigenvalue weighted by Crippen LogP contribution is 2.33. The Labute approximate surface area is 167 Å². The average molecular weight is 481 g/mol. The van der Waals surface area contributed by atoms with E-state index >= 15 is 0 Å². The molecule has 0 aliphatic carbocycles. The minimum Gasteiger partial charge on any atom is -0.468 e. The number of allylic oxidation sites excluding steroid dienone is 3. The molecule has 0 aromatic carbocycles.